The lowest BCUT2D eigenvalue weighted by molar-refractivity contribution is -0.384. The summed E-state index contributed by atoms with van der Waals surface area (Å²) in [6.07, 6.45) is 3.10. The number of unbranched alkanes of at least 4 members (excludes halogenated alkanes) is 1. The number of carbonyl (C=O) groups excluding carboxylic acids is 1. The molecule has 1 atom stereocenters. The number of ether oxygens (including phenoxy) is 1. The first-order valence-corrected chi connectivity index (χ1v) is 8.02. The van der Waals surface area contributed by atoms with Crippen molar-refractivity contribution in [3.63, 3.8) is 0 Å². The van der Waals surface area contributed by atoms with Crippen LogP contribution in [0.4, 0.5) is 5.69 Å². The Morgan fingerprint density at radius 2 is 1.67 bits per heavy atom. The van der Waals surface area contributed by atoms with Crippen LogP contribution >= 0.6 is 0 Å². The predicted molar refractivity (Wildman–Crippen MR) is 91.0 cm³/mol. The van der Waals surface area contributed by atoms with Crippen LogP contribution in [0.2, 0.25) is 0 Å². The highest BCUT2D eigenvalue weighted by Crippen LogP contribution is 2.21. The average molecular weight is 338 g/mol. The molecule has 24 heavy (non-hydrogen) atoms. The van der Waals surface area contributed by atoms with E-state index in [1.165, 1.54) is 12.1 Å². The molecule has 0 aliphatic heterocycles. The number of esters is 1. The maximum Gasteiger partial charge on any atom is 0.326 e. The predicted octanol–water partition coefficient (Wildman–Crippen LogP) is 1.20. The molecule has 0 spiro atoms. The monoisotopic (exact) mass is 338 g/mol. The molecule has 0 bridgehead atoms. The first-order chi connectivity index (χ1) is 11.4. The van der Waals surface area contributed by atoms with Crippen molar-refractivity contribution in [2.75, 3.05) is 13.1 Å². The molecular weight excluding hydrogens is 312 g/mol. The largest absolute Gasteiger partial charge is 0.459 e. The first-order valence-electron chi connectivity index (χ1n) is 8.02. The Labute approximate surface area is 141 Å². The lowest BCUT2D eigenvalue weighted by Crippen LogP contribution is -2.49. The molecular formula is C16H26N4O4. The molecule has 1 aromatic carbocycles. The number of nitrogens with zero attached hydrogens (tertiary/aromatic N) is 1. The maximum atomic E-state index is 12.4. The van der Waals surface area contributed by atoms with Crippen molar-refractivity contribution in [2.45, 2.75) is 44.2 Å². The quantitative estimate of drug-likeness (QED) is 0.238. The molecule has 0 fully saturated rings. The second-order valence-corrected chi connectivity index (χ2v) is 5.79. The SMILES string of the molecule is NCCCCC(N)(CCCN)C(=O)OCc1ccc([N+](=O)[O-])cc1. The number of nitro groups is 1. The first kappa shape index (κ1) is 20.0. The number of nitro benzene ring substituents is 1. The third-order valence-electron chi connectivity index (χ3n) is 3.83. The fourth-order valence-electron chi connectivity index (χ4n) is 2.34. The number of carbonyl (C=O) groups is 1. The number of rotatable bonds is 11. The third-order valence-corrected chi connectivity index (χ3v) is 3.83. The van der Waals surface area contributed by atoms with E-state index in [0.29, 0.717) is 37.9 Å². The number of nitrogens with two attached hydrogens (primary N) is 3. The fourth-order valence-corrected chi connectivity index (χ4v) is 2.34. The van der Waals surface area contributed by atoms with E-state index in [4.69, 9.17) is 21.9 Å². The van der Waals surface area contributed by atoms with E-state index in [1.54, 1.807) is 12.1 Å². The van der Waals surface area contributed by atoms with Gasteiger partial charge in [0, 0.05) is 12.1 Å². The fraction of sp³-hybridized carbons (Fsp3) is 0.562. The van der Waals surface area contributed by atoms with Gasteiger partial charge in [0.2, 0.25) is 0 Å². The van der Waals surface area contributed by atoms with Crippen LogP contribution in [0.5, 0.6) is 0 Å². The summed E-state index contributed by atoms with van der Waals surface area (Å²) in [5.74, 6) is -0.480. The molecule has 0 aliphatic rings. The van der Waals surface area contributed by atoms with Gasteiger partial charge < -0.3 is 21.9 Å². The molecule has 1 rings (SSSR count). The van der Waals surface area contributed by atoms with Crippen molar-refractivity contribution >= 4 is 11.7 Å². The molecule has 0 amide bonds. The molecule has 8 heteroatoms. The summed E-state index contributed by atoms with van der Waals surface area (Å²) in [7, 11) is 0. The maximum absolute atomic E-state index is 12.4. The summed E-state index contributed by atoms with van der Waals surface area (Å²) in [4.78, 5) is 22.5. The highest BCUT2D eigenvalue weighted by molar-refractivity contribution is 5.80. The van der Waals surface area contributed by atoms with Crippen LogP contribution in [0.3, 0.4) is 0 Å². The van der Waals surface area contributed by atoms with E-state index in [0.717, 1.165) is 12.8 Å². The van der Waals surface area contributed by atoms with Gasteiger partial charge in [-0.15, -0.1) is 0 Å². The Balaban J connectivity index is 2.64. The van der Waals surface area contributed by atoms with Crippen LogP contribution < -0.4 is 17.2 Å². The highest BCUT2D eigenvalue weighted by Gasteiger charge is 2.34. The second-order valence-electron chi connectivity index (χ2n) is 5.79. The number of hydrogen-bond acceptors (Lipinski definition) is 7. The van der Waals surface area contributed by atoms with Crippen LogP contribution in [0.25, 0.3) is 0 Å². The summed E-state index contributed by atoms with van der Waals surface area (Å²) in [6.45, 7) is 1.02. The second kappa shape index (κ2) is 9.96. The van der Waals surface area contributed by atoms with Gasteiger partial charge in [0.1, 0.15) is 12.1 Å². The molecule has 0 aromatic heterocycles. The lowest BCUT2D eigenvalue weighted by atomic mass is 9.88. The summed E-state index contributed by atoms with van der Waals surface area (Å²) in [6, 6.07) is 5.85. The van der Waals surface area contributed by atoms with Gasteiger partial charge in [-0.3, -0.25) is 14.9 Å². The summed E-state index contributed by atoms with van der Waals surface area (Å²) in [5.41, 5.74) is 16.8. The molecule has 0 aliphatic carbocycles. The Morgan fingerprint density at radius 1 is 1.08 bits per heavy atom. The summed E-state index contributed by atoms with van der Waals surface area (Å²) in [5, 5.41) is 10.6. The van der Waals surface area contributed by atoms with Crippen molar-refractivity contribution in [3.05, 3.63) is 39.9 Å². The molecule has 8 nitrogen and oxygen atoms in total. The van der Waals surface area contributed by atoms with Gasteiger partial charge in [-0.2, -0.15) is 0 Å². The minimum atomic E-state index is -1.07. The van der Waals surface area contributed by atoms with E-state index in [1.807, 2.05) is 0 Å². The minimum Gasteiger partial charge on any atom is -0.459 e. The smallest absolute Gasteiger partial charge is 0.326 e. The van der Waals surface area contributed by atoms with Crippen LogP contribution in [-0.2, 0) is 16.1 Å². The van der Waals surface area contributed by atoms with E-state index < -0.39 is 16.4 Å². The zero-order valence-corrected chi connectivity index (χ0v) is 13.8. The third kappa shape index (κ3) is 6.23. The van der Waals surface area contributed by atoms with Gasteiger partial charge in [0.25, 0.3) is 5.69 Å². The lowest BCUT2D eigenvalue weighted by Gasteiger charge is -2.27. The van der Waals surface area contributed by atoms with Crippen LogP contribution in [-0.4, -0.2) is 29.5 Å². The van der Waals surface area contributed by atoms with Gasteiger partial charge >= 0.3 is 5.97 Å². The minimum absolute atomic E-state index is 0.0111. The zero-order valence-electron chi connectivity index (χ0n) is 13.8. The normalized spacial score (nSPS) is 13.3. The van der Waals surface area contributed by atoms with Gasteiger partial charge in [-0.1, -0.05) is 0 Å². The van der Waals surface area contributed by atoms with Crippen LogP contribution in [0.1, 0.15) is 37.7 Å². The zero-order chi connectivity index (χ0) is 18.0. The molecule has 6 N–H and O–H groups in total. The van der Waals surface area contributed by atoms with E-state index in [9.17, 15) is 14.9 Å². The summed E-state index contributed by atoms with van der Waals surface area (Å²) >= 11 is 0. The van der Waals surface area contributed by atoms with E-state index in [2.05, 4.69) is 0 Å². The topological polar surface area (TPSA) is 148 Å². The van der Waals surface area contributed by atoms with E-state index >= 15 is 0 Å². The number of hydrogen-bond donors (Lipinski definition) is 3. The van der Waals surface area contributed by atoms with E-state index in [-0.39, 0.29) is 12.3 Å². The van der Waals surface area contributed by atoms with Crippen molar-refractivity contribution < 1.29 is 14.5 Å². The number of non-ortho nitro benzene ring substituents is 1. The van der Waals surface area contributed by atoms with Crippen molar-refractivity contribution in [2.24, 2.45) is 17.2 Å². The molecule has 0 radical (unpaired) electrons. The van der Waals surface area contributed by atoms with Gasteiger partial charge in [0.05, 0.1) is 4.92 Å². The number of benzene rings is 1. The molecule has 1 aromatic rings. The van der Waals surface area contributed by atoms with Crippen LogP contribution in [0, 0.1) is 10.1 Å². The van der Waals surface area contributed by atoms with Crippen LogP contribution in [0.15, 0.2) is 24.3 Å². The van der Waals surface area contributed by atoms with Crippen molar-refractivity contribution in [1.29, 1.82) is 0 Å². The highest BCUT2D eigenvalue weighted by atomic mass is 16.6. The average Bonchev–Trinajstić information content (AvgIpc) is 2.58. The Bertz CT molecular complexity index is 535. The Morgan fingerprint density at radius 3 is 2.21 bits per heavy atom. The molecule has 0 saturated carbocycles. The van der Waals surface area contributed by atoms with Gasteiger partial charge in [0.15, 0.2) is 0 Å². The Hall–Kier alpha value is -2.03. The standard InChI is InChI=1S/C16H26N4O4/c17-10-2-1-8-16(19,9-3-11-18)15(21)24-12-13-4-6-14(7-5-13)20(22)23/h4-7H,1-3,8-12,17-19H2. The van der Waals surface area contributed by atoms with Gasteiger partial charge in [-0.25, -0.2) is 0 Å². The molecule has 0 saturated heterocycles. The molecule has 1 unspecified atom stereocenters. The van der Waals surface area contributed by atoms with Crippen molar-refractivity contribution in [1.82, 2.24) is 0 Å². The van der Waals surface area contributed by atoms with Gasteiger partial charge in [-0.05, 0) is 62.9 Å². The molecule has 0 heterocycles. The summed E-state index contributed by atoms with van der Waals surface area (Å²) < 4.78 is 5.32. The van der Waals surface area contributed by atoms with Crippen molar-refractivity contribution in [3.8, 4) is 0 Å². The Kier molecular flexibility index (Phi) is 8.31. The molecule has 134 valence electrons.